The number of likely N-dealkylation sites (N-methyl/N-ethyl adjacent to an activating group) is 1. The zero-order valence-corrected chi connectivity index (χ0v) is 52.8. The van der Waals surface area contributed by atoms with Gasteiger partial charge in [0.05, 0.1) is 35.7 Å². The van der Waals surface area contributed by atoms with E-state index in [-0.39, 0.29) is 23.4 Å². The molecular weight excluding hydrogens is 1020 g/mol. The number of halogens is 1. The van der Waals surface area contributed by atoms with Gasteiger partial charge in [0.15, 0.2) is 0 Å². The van der Waals surface area contributed by atoms with Gasteiger partial charge in [-0.2, -0.15) is 0 Å². The molecule has 5 aliphatic heterocycles. The Kier molecular flexibility index (Phi) is 20.0. The summed E-state index contributed by atoms with van der Waals surface area (Å²) in [5.74, 6) is 2.27. The van der Waals surface area contributed by atoms with Gasteiger partial charge >= 0.3 is 0 Å². The second kappa shape index (κ2) is 27.2. The fourth-order valence-electron chi connectivity index (χ4n) is 15.5. The molecule has 10 rings (SSSR count). The Hall–Kier alpha value is -4.94. The lowest BCUT2D eigenvalue weighted by Gasteiger charge is -2.40. The molecule has 3 aromatic rings. The summed E-state index contributed by atoms with van der Waals surface area (Å²) in [5, 5.41) is 10.1. The average Bonchev–Trinajstić information content (AvgIpc) is 3.06. The van der Waals surface area contributed by atoms with Crippen molar-refractivity contribution < 1.29 is 4.39 Å². The number of benzene rings is 2. The van der Waals surface area contributed by atoms with Gasteiger partial charge in [-0.25, -0.2) is 9.82 Å². The maximum Gasteiger partial charge on any atom is 0.115 e. The SMILES string of the molecule is C=C(C)CCC(C)(C)C/C(C)=C(\c1cc(N2CCN3CCCC3C2)cnc1C(C)C)N(CC)c1ccc(-c2cc(CF)cc(CC(NC(=C)C(C3CCCC3)N3CCC(CN(CC)C(=C)C4NC4C4CC4)C3)C(=C)N3CCCCN3)c2)cc1. The van der Waals surface area contributed by atoms with Crippen LogP contribution in [0.1, 0.15) is 174 Å². The third-order valence-electron chi connectivity index (χ3n) is 20.3. The predicted octanol–water partition coefficient (Wildman–Crippen LogP) is 14.3. The monoisotopic (exact) mass is 1130 g/mol. The van der Waals surface area contributed by atoms with E-state index in [1.807, 2.05) is 0 Å². The number of aromatic nitrogens is 1. The van der Waals surface area contributed by atoms with E-state index < -0.39 is 6.67 Å². The normalized spacial score (nSPS) is 23.5. The third-order valence-corrected chi connectivity index (χ3v) is 20.3. The first-order valence-corrected chi connectivity index (χ1v) is 33.0. The van der Waals surface area contributed by atoms with Crippen molar-refractivity contribution >= 4 is 17.1 Å². The number of hydrogen-bond acceptors (Lipinski definition) is 10. The highest BCUT2D eigenvalue weighted by Gasteiger charge is 2.49. The Morgan fingerprint density at radius 2 is 1.60 bits per heavy atom. The van der Waals surface area contributed by atoms with Crippen molar-refractivity contribution in [3.63, 3.8) is 0 Å². The zero-order valence-electron chi connectivity index (χ0n) is 52.8. The predicted molar refractivity (Wildman–Crippen MR) is 348 cm³/mol. The van der Waals surface area contributed by atoms with E-state index in [1.54, 1.807) is 0 Å². The summed E-state index contributed by atoms with van der Waals surface area (Å²) in [6.45, 7) is 48.0. The van der Waals surface area contributed by atoms with Gasteiger partial charge in [0.1, 0.15) is 6.67 Å². The van der Waals surface area contributed by atoms with Gasteiger partial charge in [0, 0.05) is 105 Å². The molecule has 10 nitrogen and oxygen atoms in total. The van der Waals surface area contributed by atoms with Gasteiger partial charge in [-0.3, -0.25) is 14.8 Å². The van der Waals surface area contributed by atoms with Crippen molar-refractivity contribution in [2.45, 2.75) is 195 Å². The summed E-state index contributed by atoms with van der Waals surface area (Å²) in [6, 6.07) is 19.9. The molecule has 0 amide bonds. The smallest absolute Gasteiger partial charge is 0.115 e. The van der Waals surface area contributed by atoms with Crippen LogP contribution in [0.25, 0.3) is 16.8 Å². The zero-order chi connectivity index (χ0) is 58.5. The van der Waals surface area contributed by atoms with Crippen molar-refractivity contribution in [2.24, 2.45) is 23.2 Å². The summed E-state index contributed by atoms with van der Waals surface area (Å²) in [5.41, 5.74) is 19.8. The number of hydrogen-bond donors (Lipinski definition) is 3. The maximum absolute atomic E-state index is 15.3. The summed E-state index contributed by atoms with van der Waals surface area (Å²) in [6.07, 6.45) is 19.7. The van der Waals surface area contributed by atoms with Gasteiger partial charge in [-0.1, -0.05) is 90.1 Å². The molecule has 0 radical (unpaired) electrons. The molecule has 0 bridgehead atoms. The molecule has 1 aromatic heterocycles. The molecule has 83 heavy (non-hydrogen) atoms. The first-order chi connectivity index (χ1) is 40.0. The van der Waals surface area contributed by atoms with Gasteiger partial charge < -0.3 is 30.3 Å². The van der Waals surface area contributed by atoms with Crippen LogP contribution in [-0.2, 0) is 13.1 Å². The number of hydrazine groups is 1. The highest BCUT2D eigenvalue weighted by atomic mass is 19.1. The highest BCUT2D eigenvalue weighted by molar-refractivity contribution is 5.84. The number of likely N-dealkylation sites (tertiary alicyclic amines) is 1. The summed E-state index contributed by atoms with van der Waals surface area (Å²) < 4.78 is 15.3. The lowest BCUT2D eigenvalue weighted by molar-refractivity contribution is 0.172. The topological polar surface area (TPSA) is 78.3 Å². The Morgan fingerprint density at radius 3 is 2.29 bits per heavy atom. The fourth-order valence-corrected chi connectivity index (χ4v) is 15.5. The molecule has 3 N–H and O–H groups in total. The van der Waals surface area contributed by atoms with Crippen molar-refractivity contribution in [2.75, 3.05) is 81.8 Å². The van der Waals surface area contributed by atoms with Crippen LogP contribution in [0.4, 0.5) is 15.8 Å². The molecule has 11 heteroatoms. The molecule has 2 saturated carbocycles. The molecule has 2 aliphatic carbocycles. The number of anilines is 2. The van der Waals surface area contributed by atoms with Crippen molar-refractivity contribution in [3.8, 4) is 11.1 Å². The van der Waals surface area contributed by atoms with Crippen molar-refractivity contribution in [3.05, 3.63) is 132 Å². The molecule has 7 aliphatic rings. The maximum atomic E-state index is 15.3. The molecular formula is C72H107FN10. The minimum absolute atomic E-state index is 0.0754. The number of allylic oxidation sites excluding steroid dienone is 2. The first-order valence-electron chi connectivity index (χ1n) is 33.0. The Morgan fingerprint density at radius 1 is 0.831 bits per heavy atom. The summed E-state index contributed by atoms with van der Waals surface area (Å²) in [4.78, 5) is 18.5. The quantitative estimate of drug-likeness (QED) is 0.0483. The minimum atomic E-state index is -0.527. The Bertz CT molecular complexity index is 2760. The first kappa shape index (κ1) is 61.2. The number of nitrogens with one attached hydrogen (secondary N) is 3. The molecule has 6 heterocycles. The van der Waals surface area contributed by atoms with Crippen LogP contribution < -0.4 is 25.9 Å². The van der Waals surface area contributed by atoms with E-state index in [4.69, 9.17) is 18.1 Å². The highest BCUT2D eigenvalue weighted by Crippen LogP contribution is 2.44. The molecule has 452 valence electrons. The largest absolute Gasteiger partial charge is 0.379 e. The lowest BCUT2D eigenvalue weighted by Crippen LogP contribution is -2.51. The van der Waals surface area contributed by atoms with Crippen LogP contribution in [0.15, 0.2) is 109 Å². The van der Waals surface area contributed by atoms with E-state index in [1.165, 1.54) is 98.1 Å². The number of rotatable bonds is 28. The average molecular weight is 1130 g/mol. The minimum Gasteiger partial charge on any atom is -0.379 e. The van der Waals surface area contributed by atoms with Gasteiger partial charge in [-0.05, 0) is 205 Å². The molecule has 0 spiro atoms. The van der Waals surface area contributed by atoms with Crippen LogP contribution in [-0.4, -0.2) is 127 Å². The van der Waals surface area contributed by atoms with E-state index in [0.717, 1.165) is 143 Å². The Labute approximate surface area is 502 Å². The van der Waals surface area contributed by atoms with E-state index in [2.05, 4.69) is 169 Å². The summed E-state index contributed by atoms with van der Waals surface area (Å²) in [7, 11) is 0. The van der Waals surface area contributed by atoms with Crippen LogP contribution >= 0.6 is 0 Å². The standard InChI is InChI=1S/C72H107FN10/c1-13-78(54(10)68-69(77-68)59-23-24-59)46-55-30-35-81(47-55)71(60-20-15-16-21-60)52(8)76-66(53(9)83-34-18-17-32-75-83)41-56-38-57(44-73)40-61(39-56)58-25-27-62(28-26-58)82(14-2)70(51(7)43-72(11,12)31-29-49(3)4)65-42-64(45-74-67(65)50(5)6)80-37-36-79-33-19-22-63(79)48-80/h25-28,38-40,42,45,50,55,59-60,63,66,68-69,71,75-77H,3,8-10,13-24,29-37,41,43-44,46-48H2,1-2,4-7,11-12H3/b70-51+. The van der Waals surface area contributed by atoms with Gasteiger partial charge in [0.2, 0.25) is 0 Å². The van der Waals surface area contributed by atoms with E-state index in [0.29, 0.717) is 41.9 Å². The van der Waals surface area contributed by atoms with Crippen LogP contribution in [0, 0.1) is 23.2 Å². The second-order valence-corrected chi connectivity index (χ2v) is 27.8. The van der Waals surface area contributed by atoms with Gasteiger partial charge in [-0.15, -0.1) is 6.58 Å². The molecule has 2 aromatic carbocycles. The lowest BCUT2D eigenvalue weighted by atomic mass is 9.79. The van der Waals surface area contributed by atoms with E-state index in [9.17, 15) is 0 Å². The number of fused-ring (bicyclic) bond motifs is 1. The number of nitrogens with zero attached hydrogens (tertiary/aromatic N) is 7. The van der Waals surface area contributed by atoms with E-state index >= 15 is 4.39 Å². The number of alkyl halides is 1. The van der Waals surface area contributed by atoms with Crippen LogP contribution in [0.2, 0.25) is 0 Å². The molecule has 5 saturated heterocycles. The van der Waals surface area contributed by atoms with Crippen LogP contribution in [0.3, 0.4) is 0 Å². The second-order valence-electron chi connectivity index (χ2n) is 27.8. The molecule has 6 unspecified atom stereocenters. The third kappa shape index (κ3) is 14.8. The molecule has 7 fully saturated rings. The fraction of sp³-hybridized carbons (Fsp3) is 0.625. The number of pyridine rings is 1. The number of piperazine rings is 1. The van der Waals surface area contributed by atoms with Crippen molar-refractivity contribution in [1.29, 1.82) is 0 Å². The van der Waals surface area contributed by atoms with Gasteiger partial charge in [0.25, 0.3) is 0 Å². The van der Waals surface area contributed by atoms with Crippen LogP contribution in [0.5, 0.6) is 0 Å². The van der Waals surface area contributed by atoms with Crippen molar-refractivity contribution in [1.82, 2.24) is 40.8 Å². The Balaban J connectivity index is 0.915. The molecule has 6 atom stereocenters. The summed E-state index contributed by atoms with van der Waals surface area (Å²) >= 11 is 0.